The van der Waals surface area contributed by atoms with Gasteiger partial charge in [0.05, 0.1) is 23.6 Å². The number of benzene rings is 3. The van der Waals surface area contributed by atoms with E-state index in [4.69, 9.17) is 4.74 Å². The number of rotatable bonds is 8. The fourth-order valence-electron chi connectivity index (χ4n) is 3.13. The number of hydrogen-bond donors (Lipinski definition) is 2. The Kier molecular flexibility index (Phi) is 8.22. The Morgan fingerprint density at radius 2 is 1.68 bits per heavy atom. The highest BCUT2D eigenvalue weighted by Gasteiger charge is 2.34. The largest absolute Gasteiger partial charge is 0.497 e. The second kappa shape index (κ2) is 11.1. The predicted molar refractivity (Wildman–Crippen MR) is 127 cm³/mol. The molecule has 1 unspecified atom stereocenters. The Morgan fingerprint density at radius 1 is 0.971 bits per heavy atom. The molecule has 178 valence electrons. The Bertz CT molecular complexity index is 1150. The van der Waals surface area contributed by atoms with Crippen LogP contribution in [0.4, 0.5) is 24.5 Å². The SMILES string of the molecule is CCC(Sc1cccc(NC(=O)c2ccc(OC)cc2)c1)C(=O)Nc1ccccc1C(F)(F)F. The van der Waals surface area contributed by atoms with Crippen LogP contribution in [0.3, 0.4) is 0 Å². The van der Waals surface area contributed by atoms with E-state index < -0.39 is 22.9 Å². The normalized spacial score (nSPS) is 12.0. The highest BCUT2D eigenvalue weighted by atomic mass is 32.2. The van der Waals surface area contributed by atoms with E-state index in [1.54, 1.807) is 55.5 Å². The molecule has 3 aromatic rings. The Morgan fingerprint density at radius 3 is 2.32 bits per heavy atom. The predicted octanol–water partition coefficient (Wildman–Crippen LogP) is 6.48. The number of alkyl halides is 3. The summed E-state index contributed by atoms with van der Waals surface area (Å²) < 4.78 is 44.8. The molecule has 0 bridgehead atoms. The zero-order chi connectivity index (χ0) is 24.7. The molecular weight excluding hydrogens is 465 g/mol. The minimum Gasteiger partial charge on any atom is -0.497 e. The van der Waals surface area contributed by atoms with Crippen molar-refractivity contribution in [3.8, 4) is 5.75 Å². The maximum absolute atomic E-state index is 13.2. The molecule has 0 aliphatic rings. The quantitative estimate of drug-likeness (QED) is 0.357. The van der Waals surface area contributed by atoms with Gasteiger partial charge in [-0.05, 0) is 61.0 Å². The number of carbonyl (C=O) groups is 2. The molecule has 0 aliphatic carbocycles. The van der Waals surface area contributed by atoms with E-state index in [1.807, 2.05) is 0 Å². The highest BCUT2D eigenvalue weighted by Crippen LogP contribution is 2.35. The van der Waals surface area contributed by atoms with E-state index in [-0.39, 0.29) is 11.6 Å². The van der Waals surface area contributed by atoms with Gasteiger partial charge in [-0.25, -0.2) is 0 Å². The maximum atomic E-state index is 13.2. The third-order valence-electron chi connectivity index (χ3n) is 4.88. The van der Waals surface area contributed by atoms with Gasteiger partial charge in [-0.1, -0.05) is 25.1 Å². The van der Waals surface area contributed by atoms with Gasteiger partial charge in [0.25, 0.3) is 5.91 Å². The number of nitrogens with one attached hydrogen (secondary N) is 2. The summed E-state index contributed by atoms with van der Waals surface area (Å²) in [4.78, 5) is 26.0. The number of ether oxygens (including phenoxy) is 1. The molecule has 0 aromatic heterocycles. The van der Waals surface area contributed by atoms with Crippen molar-refractivity contribution in [2.75, 3.05) is 17.7 Å². The molecule has 0 fully saturated rings. The van der Waals surface area contributed by atoms with E-state index in [2.05, 4.69) is 10.6 Å². The van der Waals surface area contributed by atoms with Crippen LogP contribution in [-0.4, -0.2) is 24.2 Å². The molecule has 0 radical (unpaired) electrons. The van der Waals surface area contributed by atoms with E-state index in [0.717, 1.165) is 6.07 Å². The molecule has 0 saturated carbocycles. The topological polar surface area (TPSA) is 67.4 Å². The number of methoxy groups -OCH3 is 1. The lowest BCUT2D eigenvalue weighted by Gasteiger charge is -2.18. The molecule has 5 nitrogen and oxygen atoms in total. The minimum absolute atomic E-state index is 0.278. The smallest absolute Gasteiger partial charge is 0.418 e. The van der Waals surface area contributed by atoms with Gasteiger partial charge in [-0.15, -0.1) is 11.8 Å². The van der Waals surface area contributed by atoms with E-state index in [1.165, 1.54) is 37.1 Å². The van der Waals surface area contributed by atoms with Crippen LogP contribution in [0.5, 0.6) is 5.75 Å². The van der Waals surface area contributed by atoms with Gasteiger partial charge in [0.1, 0.15) is 5.75 Å². The number of para-hydroxylation sites is 1. The van der Waals surface area contributed by atoms with Crippen LogP contribution in [0, 0.1) is 0 Å². The Balaban J connectivity index is 1.69. The molecule has 2 amide bonds. The fourth-order valence-corrected chi connectivity index (χ4v) is 4.15. The van der Waals surface area contributed by atoms with E-state index in [0.29, 0.717) is 28.3 Å². The third kappa shape index (κ3) is 6.54. The van der Waals surface area contributed by atoms with Gasteiger partial charge < -0.3 is 15.4 Å². The molecule has 0 heterocycles. The number of carbonyl (C=O) groups excluding carboxylic acids is 2. The number of anilines is 2. The monoisotopic (exact) mass is 488 g/mol. The lowest BCUT2D eigenvalue weighted by atomic mass is 10.1. The molecule has 0 spiro atoms. The lowest BCUT2D eigenvalue weighted by Crippen LogP contribution is -2.26. The molecule has 0 aliphatic heterocycles. The fraction of sp³-hybridized carbons (Fsp3) is 0.200. The highest BCUT2D eigenvalue weighted by molar-refractivity contribution is 8.00. The summed E-state index contributed by atoms with van der Waals surface area (Å²) in [5.74, 6) is -0.202. The first kappa shape index (κ1) is 25.2. The Hall–Kier alpha value is -3.46. The molecule has 34 heavy (non-hydrogen) atoms. The zero-order valence-electron chi connectivity index (χ0n) is 18.5. The first-order valence-electron chi connectivity index (χ1n) is 10.4. The first-order valence-corrected chi connectivity index (χ1v) is 11.3. The zero-order valence-corrected chi connectivity index (χ0v) is 19.3. The summed E-state index contributed by atoms with van der Waals surface area (Å²) in [5, 5.41) is 4.58. The van der Waals surface area contributed by atoms with E-state index >= 15 is 0 Å². The maximum Gasteiger partial charge on any atom is 0.418 e. The lowest BCUT2D eigenvalue weighted by molar-refractivity contribution is -0.137. The average Bonchev–Trinajstić information content (AvgIpc) is 2.82. The number of thioether (sulfide) groups is 1. The van der Waals surface area contributed by atoms with Gasteiger partial charge in [0.2, 0.25) is 5.91 Å². The molecular formula is C25H23F3N2O3S. The van der Waals surface area contributed by atoms with Crippen molar-refractivity contribution in [3.63, 3.8) is 0 Å². The average molecular weight is 489 g/mol. The Labute approximate surface area is 199 Å². The van der Waals surface area contributed by atoms with Gasteiger partial charge in [0, 0.05) is 16.1 Å². The van der Waals surface area contributed by atoms with Crippen LogP contribution in [0.25, 0.3) is 0 Å². The molecule has 2 N–H and O–H groups in total. The second-order valence-corrected chi connectivity index (χ2v) is 8.53. The van der Waals surface area contributed by atoms with Crippen molar-refractivity contribution < 1.29 is 27.5 Å². The first-order chi connectivity index (χ1) is 16.2. The van der Waals surface area contributed by atoms with Crippen LogP contribution in [0.1, 0.15) is 29.3 Å². The van der Waals surface area contributed by atoms with Crippen molar-refractivity contribution in [3.05, 3.63) is 83.9 Å². The van der Waals surface area contributed by atoms with Crippen LogP contribution in [-0.2, 0) is 11.0 Å². The summed E-state index contributed by atoms with van der Waals surface area (Å²) in [6, 6.07) is 18.5. The standard InChI is InChI=1S/C25H23F3N2O3S/c1-3-22(24(32)30-21-10-5-4-9-20(21)25(26,27)28)34-19-8-6-7-17(15-19)29-23(31)16-11-13-18(33-2)14-12-16/h4-15,22H,3H2,1-2H3,(H,29,31)(H,30,32). The molecule has 9 heteroatoms. The van der Waals surface area contributed by atoms with Crippen LogP contribution in [0.2, 0.25) is 0 Å². The number of hydrogen-bond acceptors (Lipinski definition) is 4. The van der Waals surface area contributed by atoms with Gasteiger partial charge >= 0.3 is 6.18 Å². The van der Waals surface area contributed by atoms with Gasteiger partial charge in [-0.3, -0.25) is 9.59 Å². The second-order valence-electron chi connectivity index (χ2n) is 7.26. The van der Waals surface area contributed by atoms with Crippen molar-refractivity contribution in [2.24, 2.45) is 0 Å². The summed E-state index contributed by atoms with van der Waals surface area (Å²) in [6.07, 6.45) is -4.18. The number of halogens is 3. The van der Waals surface area contributed by atoms with E-state index in [9.17, 15) is 22.8 Å². The van der Waals surface area contributed by atoms with Crippen molar-refractivity contribution in [1.29, 1.82) is 0 Å². The molecule has 1 atom stereocenters. The molecule has 0 saturated heterocycles. The van der Waals surface area contributed by atoms with Crippen molar-refractivity contribution in [1.82, 2.24) is 0 Å². The van der Waals surface area contributed by atoms with Crippen LogP contribution in [0.15, 0.2) is 77.7 Å². The van der Waals surface area contributed by atoms with Gasteiger partial charge in [0.15, 0.2) is 0 Å². The summed E-state index contributed by atoms with van der Waals surface area (Å²) in [5.41, 5.74) is -0.192. The molecule has 3 aromatic carbocycles. The van der Waals surface area contributed by atoms with Crippen LogP contribution < -0.4 is 15.4 Å². The number of amides is 2. The summed E-state index contributed by atoms with van der Waals surface area (Å²) in [7, 11) is 1.54. The van der Waals surface area contributed by atoms with Gasteiger partial charge in [-0.2, -0.15) is 13.2 Å². The third-order valence-corrected chi connectivity index (χ3v) is 6.23. The van der Waals surface area contributed by atoms with Crippen molar-refractivity contribution >= 4 is 35.0 Å². The minimum atomic E-state index is -4.57. The van der Waals surface area contributed by atoms with Crippen LogP contribution >= 0.6 is 11.8 Å². The van der Waals surface area contributed by atoms with Crippen molar-refractivity contribution in [2.45, 2.75) is 29.7 Å². The summed E-state index contributed by atoms with van der Waals surface area (Å²) >= 11 is 1.21. The molecule has 3 rings (SSSR count). The summed E-state index contributed by atoms with van der Waals surface area (Å²) in [6.45, 7) is 1.78.